The van der Waals surface area contributed by atoms with Gasteiger partial charge in [0.15, 0.2) is 0 Å². The molecule has 1 atom stereocenters. The molecule has 1 saturated heterocycles. The maximum Gasteiger partial charge on any atom is 0.246 e. The van der Waals surface area contributed by atoms with E-state index in [0.29, 0.717) is 5.92 Å². The molecule has 1 aromatic carbocycles. The van der Waals surface area contributed by atoms with E-state index in [0.717, 1.165) is 55.2 Å². The lowest BCUT2D eigenvalue weighted by molar-refractivity contribution is -0.127. The normalized spacial score (nSPS) is 16.5. The minimum Gasteiger partial charge on any atom is -0.339 e. The van der Waals surface area contributed by atoms with Crippen LogP contribution >= 0.6 is 0 Å². The molecule has 0 bridgehead atoms. The second kappa shape index (κ2) is 9.83. The number of aromatic nitrogens is 2. The standard InChI is InChI=1S/C25H26N4O/c30-25(15-14-20-8-2-1-3-9-20)29-17-7-10-21(19-29)18-22-11-6-13-24(27-22)28-23-12-4-5-16-26-23/h1-6,8-9,11-16,21H,7,10,17-19H2,(H,26,27,28)/b15-14+/t21-/m1/s1. The van der Waals surface area contributed by atoms with Gasteiger partial charge in [0.1, 0.15) is 11.6 Å². The number of nitrogens with one attached hydrogen (secondary N) is 1. The summed E-state index contributed by atoms with van der Waals surface area (Å²) in [6.45, 7) is 1.60. The molecule has 0 aliphatic carbocycles. The number of rotatable bonds is 6. The van der Waals surface area contributed by atoms with Crippen LogP contribution in [-0.2, 0) is 11.2 Å². The van der Waals surface area contributed by atoms with Gasteiger partial charge in [0.2, 0.25) is 5.91 Å². The predicted octanol–water partition coefficient (Wildman–Crippen LogP) is 4.71. The summed E-state index contributed by atoms with van der Waals surface area (Å²) in [5.74, 6) is 2.08. The molecule has 0 unspecified atom stereocenters. The molecule has 30 heavy (non-hydrogen) atoms. The Balaban J connectivity index is 1.35. The van der Waals surface area contributed by atoms with Crippen LogP contribution in [0.2, 0.25) is 0 Å². The minimum atomic E-state index is 0.0853. The summed E-state index contributed by atoms with van der Waals surface area (Å²) in [5, 5.41) is 3.24. The van der Waals surface area contributed by atoms with Crippen LogP contribution in [0.1, 0.15) is 24.1 Å². The lowest BCUT2D eigenvalue weighted by Crippen LogP contribution is -2.39. The predicted molar refractivity (Wildman–Crippen MR) is 120 cm³/mol. The lowest BCUT2D eigenvalue weighted by Gasteiger charge is -2.32. The van der Waals surface area contributed by atoms with E-state index in [1.165, 1.54) is 0 Å². The number of anilines is 2. The Hall–Kier alpha value is -3.47. The third-order valence-electron chi connectivity index (χ3n) is 5.27. The van der Waals surface area contributed by atoms with E-state index in [9.17, 15) is 4.79 Å². The molecule has 152 valence electrons. The van der Waals surface area contributed by atoms with E-state index < -0.39 is 0 Å². The topological polar surface area (TPSA) is 58.1 Å². The zero-order chi connectivity index (χ0) is 20.6. The Labute approximate surface area is 177 Å². The molecule has 1 N–H and O–H groups in total. The van der Waals surface area contributed by atoms with Crippen molar-refractivity contribution in [1.82, 2.24) is 14.9 Å². The van der Waals surface area contributed by atoms with Crippen LogP contribution in [0.4, 0.5) is 11.6 Å². The number of likely N-dealkylation sites (tertiary alicyclic amines) is 1. The number of amides is 1. The maximum atomic E-state index is 12.6. The third kappa shape index (κ3) is 5.54. The van der Waals surface area contributed by atoms with Gasteiger partial charge >= 0.3 is 0 Å². The van der Waals surface area contributed by atoms with Crippen molar-refractivity contribution >= 4 is 23.6 Å². The van der Waals surface area contributed by atoms with Gasteiger partial charge in [-0.25, -0.2) is 9.97 Å². The van der Waals surface area contributed by atoms with E-state index in [2.05, 4.69) is 16.4 Å². The van der Waals surface area contributed by atoms with Crippen molar-refractivity contribution in [3.8, 4) is 0 Å². The highest BCUT2D eigenvalue weighted by atomic mass is 16.2. The highest BCUT2D eigenvalue weighted by Gasteiger charge is 2.23. The molecule has 1 amide bonds. The number of piperidine rings is 1. The molecule has 1 aliphatic heterocycles. The second-order valence-corrected chi connectivity index (χ2v) is 7.59. The van der Waals surface area contributed by atoms with Crippen molar-refractivity contribution < 1.29 is 4.79 Å². The van der Waals surface area contributed by atoms with E-state index >= 15 is 0 Å². The Morgan fingerprint density at radius 2 is 1.87 bits per heavy atom. The Morgan fingerprint density at radius 1 is 1.03 bits per heavy atom. The quantitative estimate of drug-likeness (QED) is 0.611. The van der Waals surface area contributed by atoms with Crippen LogP contribution in [0.15, 0.2) is 79.0 Å². The zero-order valence-electron chi connectivity index (χ0n) is 16.9. The first-order valence-electron chi connectivity index (χ1n) is 10.4. The molecular weight excluding hydrogens is 372 g/mol. The largest absolute Gasteiger partial charge is 0.339 e. The SMILES string of the molecule is O=C(/C=C/c1ccccc1)N1CCC[C@H](Cc2cccc(Nc3ccccn3)n2)C1. The Bertz CT molecular complexity index is 988. The molecule has 1 fully saturated rings. The fourth-order valence-electron chi connectivity index (χ4n) is 3.80. The van der Waals surface area contributed by atoms with Gasteiger partial charge in [0.05, 0.1) is 0 Å². The number of hydrogen-bond acceptors (Lipinski definition) is 4. The summed E-state index contributed by atoms with van der Waals surface area (Å²) in [6.07, 6.45) is 8.34. The van der Waals surface area contributed by atoms with Crippen LogP contribution in [0.5, 0.6) is 0 Å². The fraction of sp³-hybridized carbons (Fsp3) is 0.240. The van der Waals surface area contributed by atoms with Gasteiger partial charge in [-0.05, 0) is 61.1 Å². The molecule has 5 nitrogen and oxygen atoms in total. The van der Waals surface area contributed by atoms with Gasteiger partial charge < -0.3 is 10.2 Å². The molecule has 5 heteroatoms. The van der Waals surface area contributed by atoms with Gasteiger partial charge in [-0.15, -0.1) is 0 Å². The molecule has 0 spiro atoms. The summed E-state index contributed by atoms with van der Waals surface area (Å²) in [5.41, 5.74) is 2.08. The van der Waals surface area contributed by atoms with Crippen molar-refractivity contribution in [2.75, 3.05) is 18.4 Å². The summed E-state index contributed by atoms with van der Waals surface area (Å²) in [6, 6.07) is 21.7. The molecule has 0 radical (unpaired) electrons. The van der Waals surface area contributed by atoms with Crippen LogP contribution in [0.25, 0.3) is 6.08 Å². The van der Waals surface area contributed by atoms with Crippen molar-refractivity contribution in [2.45, 2.75) is 19.3 Å². The van der Waals surface area contributed by atoms with Crippen LogP contribution in [-0.4, -0.2) is 33.9 Å². The number of pyridine rings is 2. The second-order valence-electron chi connectivity index (χ2n) is 7.59. The monoisotopic (exact) mass is 398 g/mol. The smallest absolute Gasteiger partial charge is 0.246 e. The van der Waals surface area contributed by atoms with E-state index in [-0.39, 0.29) is 5.91 Å². The van der Waals surface area contributed by atoms with Crippen molar-refractivity contribution in [2.24, 2.45) is 5.92 Å². The first-order chi connectivity index (χ1) is 14.8. The summed E-state index contributed by atoms with van der Waals surface area (Å²) in [4.78, 5) is 23.6. The van der Waals surface area contributed by atoms with E-state index in [1.54, 1.807) is 12.3 Å². The average Bonchev–Trinajstić information content (AvgIpc) is 2.79. The van der Waals surface area contributed by atoms with E-state index in [1.807, 2.05) is 71.6 Å². The molecule has 3 heterocycles. The number of carbonyl (C=O) groups is 1. The summed E-state index contributed by atoms with van der Waals surface area (Å²) < 4.78 is 0. The first-order valence-corrected chi connectivity index (χ1v) is 10.4. The van der Waals surface area contributed by atoms with Crippen LogP contribution in [0.3, 0.4) is 0 Å². The highest BCUT2D eigenvalue weighted by molar-refractivity contribution is 5.91. The van der Waals surface area contributed by atoms with Crippen molar-refractivity contribution in [3.63, 3.8) is 0 Å². The van der Waals surface area contributed by atoms with Crippen LogP contribution in [0, 0.1) is 5.92 Å². The number of nitrogens with zero attached hydrogens (tertiary/aromatic N) is 3. The lowest BCUT2D eigenvalue weighted by atomic mass is 9.93. The number of benzene rings is 1. The molecule has 2 aromatic heterocycles. The zero-order valence-corrected chi connectivity index (χ0v) is 16.9. The van der Waals surface area contributed by atoms with E-state index in [4.69, 9.17) is 4.98 Å². The van der Waals surface area contributed by atoms with Crippen LogP contribution < -0.4 is 5.32 Å². The average molecular weight is 399 g/mol. The summed E-state index contributed by atoms with van der Waals surface area (Å²) >= 11 is 0. The molecule has 4 rings (SSSR count). The summed E-state index contributed by atoms with van der Waals surface area (Å²) in [7, 11) is 0. The van der Waals surface area contributed by atoms with Gasteiger partial charge in [-0.3, -0.25) is 4.79 Å². The molecule has 0 saturated carbocycles. The first kappa shape index (κ1) is 19.8. The van der Waals surface area contributed by atoms with Crippen molar-refractivity contribution in [1.29, 1.82) is 0 Å². The van der Waals surface area contributed by atoms with Gasteiger partial charge in [-0.1, -0.05) is 42.5 Å². The van der Waals surface area contributed by atoms with Gasteiger partial charge in [0, 0.05) is 31.1 Å². The third-order valence-corrected chi connectivity index (χ3v) is 5.27. The fourth-order valence-corrected chi connectivity index (χ4v) is 3.80. The Kier molecular flexibility index (Phi) is 6.50. The van der Waals surface area contributed by atoms with Gasteiger partial charge in [-0.2, -0.15) is 0 Å². The van der Waals surface area contributed by atoms with Gasteiger partial charge in [0.25, 0.3) is 0 Å². The molecular formula is C25H26N4O. The number of hydrogen-bond donors (Lipinski definition) is 1. The maximum absolute atomic E-state index is 12.6. The highest BCUT2D eigenvalue weighted by Crippen LogP contribution is 2.22. The molecule has 1 aliphatic rings. The number of carbonyl (C=O) groups excluding carboxylic acids is 1. The van der Waals surface area contributed by atoms with Crippen molar-refractivity contribution in [3.05, 3.63) is 90.3 Å². The molecule has 3 aromatic rings. The minimum absolute atomic E-state index is 0.0853. The Morgan fingerprint density at radius 3 is 2.70 bits per heavy atom.